The van der Waals surface area contributed by atoms with Gasteiger partial charge in [0.25, 0.3) is 0 Å². The van der Waals surface area contributed by atoms with Gasteiger partial charge in [-0.25, -0.2) is 0 Å². The summed E-state index contributed by atoms with van der Waals surface area (Å²) < 4.78 is 9.42. The summed E-state index contributed by atoms with van der Waals surface area (Å²) in [6.45, 7) is 1.03. The van der Waals surface area contributed by atoms with Crippen LogP contribution in [0.3, 0.4) is 0 Å². The number of fused-ring (bicyclic) bond motifs is 1. The molecule has 1 aliphatic carbocycles. The number of carbonyl (C=O) groups is 2. The summed E-state index contributed by atoms with van der Waals surface area (Å²) in [6, 6.07) is 0. The smallest absolute Gasteiger partial charge is 0.312 e. The first kappa shape index (κ1) is 13.3. The van der Waals surface area contributed by atoms with Crippen LogP contribution in [0.15, 0.2) is 0 Å². The third kappa shape index (κ3) is 1.62. The summed E-state index contributed by atoms with van der Waals surface area (Å²) in [5.41, 5.74) is -1.83. The second-order valence-corrected chi connectivity index (χ2v) is 4.98. The summed E-state index contributed by atoms with van der Waals surface area (Å²) in [7, 11) is 1.18. The summed E-state index contributed by atoms with van der Waals surface area (Å²) in [4.78, 5) is 23.3. The van der Waals surface area contributed by atoms with Gasteiger partial charge in [-0.15, -0.1) is 0 Å². The first-order valence-electron chi connectivity index (χ1n) is 5.65. The zero-order valence-corrected chi connectivity index (χ0v) is 10.1. The highest BCUT2D eigenvalue weighted by Gasteiger charge is 2.65. The van der Waals surface area contributed by atoms with Gasteiger partial charge in [0.2, 0.25) is 0 Å². The Hall–Kier alpha value is -1.18. The Labute approximate surface area is 103 Å². The molecule has 2 fully saturated rings. The largest absolute Gasteiger partial charge is 0.469 e. The van der Waals surface area contributed by atoms with E-state index in [9.17, 15) is 24.9 Å². The van der Waals surface area contributed by atoms with Crippen LogP contribution in [0.4, 0.5) is 0 Å². The van der Waals surface area contributed by atoms with Crippen LogP contribution in [0.25, 0.3) is 0 Å². The Kier molecular flexibility index (Phi) is 3.08. The quantitative estimate of drug-likeness (QED) is 0.470. The molecule has 6 atom stereocenters. The molecule has 7 heteroatoms. The first-order chi connectivity index (χ1) is 8.32. The van der Waals surface area contributed by atoms with E-state index in [2.05, 4.69) is 4.74 Å². The molecule has 0 aromatic heterocycles. The Morgan fingerprint density at radius 1 is 1.50 bits per heavy atom. The minimum atomic E-state index is -1.83. The lowest BCUT2D eigenvalue weighted by Crippen LogP contribution is -2.50. The van der Waals surface area contributed by atoms with Crippen molar-refractivity contribution >= 4 is 11.9 Å². The molecule has 1 saturated carbocycles. The average molecular weight is 260 g/mol. The van der Waals surface area contributed by atoms with Crippen LogP contribution in [0.2, 0.25) is 0 Å². The molecule has 0 bridgehead atoms. The molecule has 1 heterocycles. The summed E-state index contributed by atoms with van der Waals surface area (Å²) in [6.07, 6.45) is -2.88. The van der Waals surface area contributed by atoms with Gasteiger partial charge in [0, 0.05) is 5.92 Å². The van der Waals surface area contributed by atoms with Crippen molar-refractivity contribution in [3.05, 3.63) is 0 Å². The van der Waals surface area contributed by atoms with E-state index in [0.717, 1.165) is 0 Å². The fraction of sp³-hybridized carbons (Fsp3) is 0.818. The third-order valence-corrected chi connectivity index (χ3v) is 3.96. The SMILES string of the molecule is COC(=O)C1COC(=O)C2C1C(O)C(O)C2(C)O. The number of hydrogen-bond donors (Lipinski definition) is 3. The van der Waals surface area contributed by atoms with Gasteiger partial charge < -0.3 is 24.8 Å². The molecule has 6 unspecified atom stereocenters. The zero-order valence-electron chi connectivity index (χ0n) is 10.1. The lowest BCUT2D eigenvalue weighted by molar-refractivity contribution is -0.179. The topological polar surface area (TPSA) is 113 Å². The van der Waals surface area contributed by atoms with E-state index < -0.39 is 47.5 Å². The molecule has 0 radical (unpaired) electrons. The Bertz CT molecular complexity index is 378. The van der Waals surface area contributed by atoms with Gasteiger partial charge in [-0.2, -0.15) is 0 Å². The molecule has 0 aromatic carbocycles. The fourth-order valence-electron chi connectivity index (χ4n) is 2.94. The molecule has 102 valence electrons. The van der Waals surface area contributed by atoms with Crippen LogP contribution in [0.5, 0.6) is 0 Å². The number of hydrogen-bond acceptors (Lipinski definition) is 7. The van der Waals surface area contributed by atoms with Crippen LogP contribution in [-0.2, 0) is 19.1 Å². The maximum atomic E-state index is 11.7. The molecule has 2 rings (SSSR count). The monoisotopic (exact) mass is 260 g/mol. The molecule has 7 nitrogen and oxygen atoms in total. The van der Waals surface area contributed by atoms with Gasteiger partial charge in [0.05, 0.1) is 25.0 Å². The van der Waals surface area contributed by atoms with E-state index in [1.165, 1.54) is 14.0 Å². The van der Waals surface area contributed by atoms with Crippen molar-refractivity contribution in [1.82, 2.24) is 0 Å². The van der Waals surface area contributed by atoms with Crippen molar-refractivity contribution in [2.75, 3.05) is 13.7 Å². The molecule has 1 aliphatic heterocycles. The van der Waals surface area contributed by atoms with E-state index in [1.54, 1.807) is 0 Å². The second kappa shape index (κ2) is 4.18. The lowest BCUT2D eigenvalue weighted by atomic mass is 9.77. The Morgan fingerprint density at radius 2 is 2.11 bits per heavy atom. The van der Waals surface area contributed by atoms with Gasteiger partial charge in [-0.05, 0) is 6.92 Å². The van der Waals surface area contributed by atoms with Crippen molar-refractivity contribution in [3.63, 3.8) is 0 Å². The van der Waals surface area contributed by atoms with Crippen molar-refractivity contribution < 1.29 is 34.4 Å². The predicted molar refractivity (Wildman–Crippen MR) is 56.1 cm³/mol. The number of carbonyl (C=O) groups excluding carboxylic acids is 2. The molecule has 2 aliphatic rings. The van der Waals surface area contributed by atoms with Crippen LogP contribution >= 0.6 is 0 Å². The van der Waals surface area contributed by atoms with E-state index in [1.807, 2.05) is 0 Å². The molecule has 0 spiro atoms. The number of rotatable bonds is 1. The minimum Gasteiger partial charge on any atom is -0.469 e. The average Bonchev–Trinajstić information content (AvgIpc) is 2.51. The standard InChI is InChI=1S/C11H16O7/c1-11(16)6-5(7(12)8(11)13)4(9(14)17-2)3-18-10(6)15/h4-8,12-13,16H,3H2,1-2H3. The van der Waals surface area contributed by atoms with Gasteiger partial charge in [0.1, 0.15) is 18.3 Å². The highest BCUT2D eigenvalue weighted by molar-refractivity contribution is 5.81. The molecular formula is C11H16O7. The molecule has 0 amide bonds. The number of methoxy groups -OCH3 is 1. The fourth-order valence-corrected chi connectivity index (χ4v) is 2.94. The lowest BCUT2D eigenvalue weighted by Gasteiger charge is -2.35. The van der Waals surface area contributed by atoms with Crippen molar-refractivity contribution in [2.24, 2.45) is 17.8 Å². The number of cyclic esters (lactones) is 1. The van der Waals surface area contributed by atoms with Gasteiger partial charge >= 0.3 is 11.9 Å². The number of aliphatic hydroxyl groups excluding tert-OH is 2. The molecular weight excluding hydrogens is 244 g/mol. The van der Waals surface area contributed by atoms with E-state index in [-0.39, 0.29) is 6.61 Å². The molecule has 18 heavy (non-hydrogen) atoms. The maximum absolute atomic E-state index is 11.7. The maximum Gasteiger partial charge on any atom is 0.312 e. The first-order valence-corrected chi connectivity index (χ1v) is 5.65. The Morgan fingerprint density at radius 3 is 2.67 bits per heavy atom. The van der Waals surface area contributed by atoms with E-state index in [4.69, 9.17) is 4.74 Å². The van der Waals surface area contributed by atoms with Crippen molar-refractivity contribution in [1.29, 1.82) is 0 Å². The zero-order chi connectivity index (χ0) is 13.7. The minimum absolute atomic E-state index is 0.216. The second-order valence-electron chi connectivity index (χ2n) is 4.98. The molecule has 1 saturated heterocycles. The normalized spacial score (nSPS) is 47.4. The van der Waals surface area contributed by atoms with Gasteiger partial charge in [-0.1, -0.05) is 0 Å². The van der Waals surface area contributed by atoms with Crippen LogP contribution in [0.1, 0.15) is 6.92 Å². The summed E-state index contributed by atoms with van der Waals surface area (Å²) in [5, 5.41) is 29.8. The highest BCUT2D eigenvalue weighted by Crippen LogP contribution is 2.47. The van der Waals surface area contributed by atoms with Gasteiger partial charge in [0.15, 0.2) is 0 Å². The van der Waals surface area contributed by atoms with Crippen LogP contribution < -0.4 is 0 Å². The predicted octanol–water partition coefficient (Wildman–Crippen LogP) is -1.95. The molecule has 0 aromatic rings. The van der Waals surface area contributed by atoms with Crippen LogP contribution in [0, 0.1) is 17.8 Å². The number of ether oxygens (including phenoxy) is 2. The van der Waals surface area contributed by atoms with Crippen molar-refractivity contribution in [3.8, 4) is 0 Å². The summed E-state index contributed by atoms with van der Waals surface area (Å²) in [5.74, 6) is -4.28. The van der Waals surface area contributed by atoms with E-state index in [0.29, 0.717) is 0 Å². The van der Waals surface area contributed by atoms with Crippen LogP contribution in [-0.4, -0.2) is 58.8 Å². The van der Waals surface area contributed by atoms with Crippen molar-refractivity contribution in [2.45, 2.75) is 24.7 Å². The summed E-state index contributed by atoms with van der Waals surface area (Å²) >= 11 is 0. The van der Waals surface area contributed by atoms with E-state index >= 15 is 0 Å². The third-order valence-electron chi connectivity index (χ3n) is 3.96. The van der Waals surface area contributed by atoms with Gasteiger partial charge in [-0.3, -0.25) is 9.59 Å². The Balaban J connectivity index is 2.39. The highest BCUT2D eigenvalue weighted by atomic mass is 16.6. The molecule has 3 N–H and O–H groups in total. The number of esters is 2. The number of aliphatic hydroxyl groups is 3.